The van der Waals surface area contributed by atoms with E-state index < -0.39 is 0 Å². The fourth-order valence-electron chi connectivity index (χ4n) is 5.25. The van der Waals surface area contributed by atoms with E-state index in [-0.39, 0.29) is 0 Å². The van der Waals surface area contributed by atoms with Crippen LogP contribution in [-0.4, -0.2) is 11.6 Å². The first kappa shape index (κ1) is 14.4. The number of fused-ring (bicyclic) bond motifs is 2. The maximum atomic E-state index is 11.9. The molecule has 0 spiro atoms. The lowest BCUT2D eigenvalue weighted by Crippen LogP contribution is -2.19. The molecule has 2 nitrogen and oxygen atoms in total. The Morgan fingerprint density at radius 3 is 1.82 bits per heavy atom. The highest BCUT2D eigenvalue weighted by Crippen LogP contribution is 2.51. The molecule has 4 rings (SSSR count). The van der Waals surface area contributed by atoms with Crippen LogP contribution in [0.3, 0.4) is 0 Å². The van der Waals surface area contributed by atoms with Gasteiger partial charge in [0.2, 0.25) is 0 Å². The third kappa shape index (κ3) is 2.61. The van der Waals surface area contributed by atoms with Crippen LogP contribution in [0, 0.1) is 23.7 Å². The average Bonchev–Trinajstić information content (AvgIpc) is 3.04. The normalized spacial score (nSPS) is 38.7. The van der Waals surface area contributed by atoms with Crippen molar-refractivity contribution < 1.29 is 9.59 Å². The summed E-state index contributed by atoms with van der Waals surface area (Å²) >= 11 is 0. The minimum atomic E-state index is 0.457. The quantitative estimate of drug-likeness (QED) is 0.559. The van der Waals surface area contributed by atoms with Gasteiger partial charge in [-0.2, -0.15) is 0 Å². The molecule has 4 aliphatic carbocycles. The van der Waals surface area contributed by atoms with Crippen molar-refractivity contribution in [2.75, 3.05) is 0 Å². The van der Waals surface area contributed by atoms with Gasteiger partial charge in [0, 0.05) is 25.7 Å². The highest BCUT2D eigenvalue weighted by atomic mass is 16.1. The molecule has 0 saturated heterocycles. The molecule has 0 aromatic carbocycles. The molecule has 0 heterocycles. The zero-order valence-electron chi connectivity index (χ0n) is 13.4. The Balaban J connectivity index is 1.47. The van der Waals surface area contributed by atoms with E-state index in [1.165, 1.54) is 25.7 Å². The second kappa shape index (κ2) is 5.79. The van der Waals surface area contributed by atoms with Crippen molar-refractivity contribution in [3.8, 4) is 0 Å². The molecule has 2 heteroatoms. The van der Waals surface area contributed by atoms with Gasteiger partial charge in [-0.1, -0.05) is 29.7 Å². The van der Waals surface area contributed by atoms with Gasteiger partial charge in [0.15, 0.2) is 0 Å². The lowest BCUT2D eigenvalue weighted by atomic mass is 9.77. The van der Waals surface area contributed by atoms with Crippen LogP contribution in [-0.2, 0) is 9.59 Å². The Kier molecular flexibility index (Phi) is 3.79. The molecular weight excluding hydrogens is 272 g/mol. The van der Waals surface area contributed by atoms with Crippen LogP contribution in [0.5, 0.6) is 0 Å². The number of hydrogen-bond acceptors (Lipinski definition) is 2. The van der Waals surface area contributed by atoms with Gasteiger partial charge in [0.25, 0.3) is 0 Å². The number of carbonyl (C=O) groups excluding carboxylic acids is 2. The summed E-state index contributed by atoms with van der Waals surface area (Å²) in [6.07, 6.45) is 15.1. The summed E-state index contributed by atoms with van der Waals surface area (Å²) in [4.78, 5) is 23.7. The molecule has 118 valence electrons. The maximum absolute atomic E-state index is 11.9. The van der Waals surface area contributed by atoms with Crippen LogP contribution in [0.4, 0.5) is 0 Å². The van der Waals surface area contributed by atoms with Crippen LogP contribution in [0.1, 0.15) is 64.2 Å². The van der Waals surface area contributed by atoms with Gasteiger partial charge in [-0.25, -0.2) is 0 Å². The van der Waals surface area contributed by atoms with Crippen LogP contribution in [0.2, 0.25) is 0 Å². The molecule has 0 N–H and O–H groups in total. The van der Waals surface area contributed by atoms with E-state index in [0.717, 1.165) is 38.5 Å². The van der Waals surface area contributed by atoms with Crippen LogP contribution >= 0.6 is 0 Å². The Bertz CT molecular complexity index is 554. The molecule has 0 aliphatic heterocycles. The second-order valence-electron chi connectivity index (χ2n) is 7.80. The number of hydrogen-bond donors (Lipinski definition) is 0. The van der Waals surface area contributed by atoms with E-state index in [1.807, 2.05) is 0 Å². The first-order chi connectivity index (χ1) is 10.7. The highest BCUT2D eigenvalue weighted by Gasteiger charge is 2.40. The summed E-state index contributed by atoms with van der Waals surface area (Å²) in [6, 6.07) is 0. The number of Topliss-reactive ketones (excluding diaryl/α,β-unsaturated/α-hetero) is 2. The average molecular weight is 298 g/mol. The Morgan fingerprint density at radius 2 is 1.27 bits per heavy atom. The summed E-state index contributed by atoms with van der Waals surface area (Å²) in [5.41, 5.74) is 3.12. The van der Waals surface area contributed by atoms with Crippen molar-refractivity contribution in [3.05, 3.63) is 23.3 Å². The SMILES string of the molecule is O=C1CCCC[C@@H](C2=C[C@H]3C[C@@H]2C=C3[C@@H]2CCCC(=O)C2)C1. The predicted octanol–water partition coefficient (Wildman–Crippen LogP) is 4.40. The zero-order valence-corrected chi connectivity index (χ0v) is 13.4. The molecule has 4 atom stereocenters. The monoisotopic (exact) mass is 298 g/mol. The molecule has 0 amide bonds. The van der Waals surface area contributed by atoms with Crippen molar-refractivity contribution in [1.29, 1.82) is 0 Å². The number of carbonyl (C=O) groups is 2. The van der Waals surface area contributed by atoms with E-state index in [4.69, 9.17) is 0 Å². The molecule has 2 bridgehead atoms. The minimum absolute atomic E-state index is 0.457. The summed E-state index contributed by atoms with van der Waals surface area (Å²) < 4.78 is 0. The number of allylic oxidation sites excluding steroid dienone is 4. The van der Waals surface area contributed by atoms with E-state index in [9.17, 15) is 9.59 Å². The van der Waals surface area contributed by atoms with Crippen molar-refractivity contribution in [1.82, 2.24) is 0 Å². The fourth-order valence-corrected chi connectivity index (χ4v) is 5.25. The van der Waals surface area contributed by atoms with Crippen LogP contribution < -0.4 is 0 Å². The van der Waals surface area contributed by atoms with Gasteiger partial charge >= 0.3 is 0 Å². The molecule has 2 saturated carbocycles. The van der Waals surface area contributed by atoms with Crippen molar-refractivity contribution >= 4 is 11.6 Å². The summed E-state index contributed by atoms with van der Waals surface area (Å²) in [6.45, 7) is 0. The lowest BCUT2D eigenvalue weighted by Gasteiger charge is -2.27. The minimum Gasteiger partial charge on any atom is -0.300 e. The standard InChI is InChI=1S/C20H26O2/c21-17-6-2-1-4-13(9-17)19-11-16-8-15(19)12-20(16)14-5-3-7-18(22)10-14/h11-16H,1-10H2/t13-,14-,15-,16-/m1/s1. The largest absolute Gasteiger partial charge is 0.300 e. The Labute approximate surface area is 133 Å². The third-order valence-electron chi connectivity index (χ3n) is 6.31. The smallest absolute Gasteiger partial charge is 0.133 e. The van der Waals surface area contributed by atoms with Crippen LogP contribution in [0.25, 0.3) is 0 Å². The first-order valence-electron chi connectivity index (χ1n) is 9.17. The predicted molar refractivity (Wildman–Crippen MR) is 86.3 cm³/mol. The first-order valence-corrected chi connectivity index (χ1v) is 9.17. The van der Waals surface area contributed by atoms with Gasteiger partial charge in [0.05, 0.1) is 0 Å². The summed E-state index contributed by atoms with van der Waals surface area (Å²) in [5, 5.41) is 0. The molecule has 0 aromatic rings. The zero-order chi connectivity index (χ0) is 15.1. The maximum Gasteiger partial charge on any atom is 0.133 e. The van der Waals surface area contributed by atoms with Crippen molar-refractivity contribution in [2.24, 2.45) is 23.7 Å². The molecule has 0 radical (unpaired) electrons. The summed E-state index contributed by atoms with van der Waals surface area (Å²) in [7, 11) is 0. The molecule has 2 fully saturated rings. The van der Waals surface area contributed by atoms with Gasteiger partial charge in [-0.05, 0) is 55.8 Å². The Hall–Kier alpha value is -1.18. The molecule has 22 heavy (non-hydrogen) atoms. The topological polar surface area (TPSA) is 34.1 Å². The third-order valence-corrected chi connectivity index (χ3v) is 6.31. The molecular formula is C20H26O2. The lowest BCUT2D eigenvalue weighted by molar-refractivity contribution is -0.121. The van der Waals surface area contributed by atoms with Gasteiger partial charge in [0.1, 0.15) is 11.6 Å². The van der Waals surface area contributed by atoms with E-state index in [1.54, 1.807) is 11.1 Å². The highest BCUT2D eigenvalue weighted by molar-refractivity contribution is 5.80. The number of ketones is 2. The van der Waals surface area contributed by atoms with E-state index in [0.29, 0.717) is 35.2 Å². The van der Waals surface area contributed by atoms with Gasteiger partial charge in [-0.3, -0.25) is 9.59 Å². The Morgan fingerprint density at radius 1 is 0.727 bits per heavy atom. The summed E-state index contributed by atoms with van der Waals surface area (Å²) in [5.74, 6) is 3.11. The second-order valence-corrected chi connectivity index (χ2v) is 7.80. The van der Waals surface area contributed by atoms with Crippen molar-refractivity contribution in [3.63, 3.8) is 0 Å². The van der Waals surface area contributed by atoms with E-state index in [2.05, 4.69) is 12.2 Å². The molecule has 0 aromatic heterocycles. The van der Waals surface area contributed by atoms with Gasteiger partial charge < -0.3 is 0 Å². The van der Waals surface area contributed by atoms with E-state index >= 15 is 0 Å². The van der Waals surface area contributed by atoms with Crippen molar-refractivity contribution in [2.45, 2.75) is 64.2 Å². The fraction of sp³-hybridized carbons (Fsp3) is 0.700. The van der Waals surface area contributed by atoms with Crippen LogP contribution in [0.15, 0.2) is 23.3 Å². The number of rotatable bonds is 2. The molecule has 4 aliphatic rings. The molecule has 0 unspecified atom stereocenters. The van der Waals surface area contributed by atoms with Gasteiger partial charge in [-0.15, -0.1) is 0 Å².